The van der Waals surface area contributed by atoms with Gasteiger partial charge in [-0.05, 0) is 61.9 Å². The number of piperidine rings is 1. The number of piperazine rings is 1. The molecule has 2 aromatic carbocycles. The highest BCUT2D eigenvalue weighted by molar-refractivity contribution is 6.00. The third-order valence-corrected chi connectivity index (χ3v) is 9.16. The van der Waals surface area contributed by atoms with Gasteiger partial charge in [-0.3, -0.25) is 14.5 Å². The molecule has 2 N–H and O–H groups in total. The van der Waals surface area contributed by atoms with Crippen LogP contribution in [0.2, 0.25) is 0 Å². The van der Waals surface area contributed by atoms with Crippen molar-refractivity contribution in [2.24, 2.45) is 0 Å². The first-order valence-corrected chi connectivity index (χ1v) is 15.2. The van der Waals surface area contributed by atoms with Crippen LogP contribution in [0, 0.1) is 11.3 Å². The van der Waals surface area contributed by atoms with E-state index in [-0.39, 0.29) is 11.8 Å². The molecule has 1 aliphatic carbocycles. The van der Waals surface area contributed by atoms with E-state index in [0.29, 0.717) is 74.6 Å². The highest BCUT2D eigenvalue weighted by Crippen LogP contribution is 2.38. The second-order valence-corrected chi connectivity index (χ2v) is 12.0. The molecule has 2 aliphatic heterocycles. The number of aliphatic hydroxyl groups is 1. The first kappa shape index (κ1) is 29.9. The summed E-state index contributed by atoms with van der Waals surface area (Å²) in [5.41, 5.74) is -0.0663. The summed E-state index contributed by atoms with van der Waals surface area (Å²) in [6.07, 6.45) is 6.68. The van der Waals surface area contributed by atoms with Crippen LogP contribution >= 0.6 is 0 Å². The molecule has 1 atom stereocenters. The number of hydrogen-bond donors (Lipinski definition) is 2. The minimum Gasteiger partial charge on any atom is -0.493 e. The molecule has 3 aliphatic rings. The molecule has 3 fully saturated rings. The van der Waals surface area contributed by atoms with Gasteiger partial charge in [0.2, 0.25) is 11.8 Å². The quantitative estimate of drug-likeness (QED) is 0.453. The average Bonchev–Trinajstić information content (AvgIpc) is 3.00. The summed E-state index contributed by atoms with van der Waals surface area (Å²) in [5, 5.41) is 23.3. The topological polar surface area (TPSA) is 115 Å². The first-order chi connectivity index (χ1) is 20.3. The molecule has 2 heterocycles. The van der Waals surface area contributed by atoms with Crippen LogP contribution in [0.5, 0.6) is 17.2 Å². The van der Waals surface area contributed by atoms with Crippen molar-refractivity contribution >= 4 is 11.8 Å². The van der Waals surface area contributed by atoms with E-state index < -0.39 is 17.2 Å². The molecule has 9 nitrogen and oxygen atoms in total. The van der Waals surface area contributed by atoms with Crippen LogP contribution < -0.4 is 14.8 Å². The second-order valence-electron chi connectivity index (χ2n) is 12.0. The maximum Gasteiger partial charge on any atom is 0.246 e. The summed E-state index contributed by atoms with van der Waals surface area (Å²) < 4.78 is 11.4. The fraction of sp³-hybridized carbons (Fsp3) is 0.545. The van der Waals surface area contributed by atoms with Crippen molar-refractivity contribution in [3.8, 4) is 23.3 Å². The molecule has 1 spiro atoms. The van der Waals surface area contributed by atoms with E-state index in [0.717, 1.165) is 37.8 Å². The zero-order chi connectivity index (χ0) is 29.7. The van der Waals surface area contributed by atoms with Gasteiger partial charge in [0, 0.05) is 38.7 Å². The predicted octanol–water partition coefficient (Wildman–Crippen LogP) is 4.52. The summed E-state index contributed by atoms with van der Waals surface area (Å²) in [7, 11) is 1.55. The van der Waals surface area contributed by atoms with Crippen molar-refractivity contribution < 1.29 is 24.2 Å². The van der Waals surface area contributed by atoms with Crippen LogP contribution in [0.3, 0.4) is 0 Å². The van der Waals surface area contributed by atoms with E-state index in [4.69, 9.17) is 14.7 Å². The number of benzene rings is 2. The van der Waals surface area contributed by atoms with Gasteiger partial charge in [-0.15, -0.1) is 0 Å². The number of nitriles is 1. The number of ether oxygens (including phenoxy) is 2. The van der Waals surface area contributed by atoms with Gasteiger partial charge in [0.05, 0.1) is 24.3 Å². The minimum atomic E-state index is -0.869. The molecule has 2 aromatic rings. The van der Waals surface area contributed by atoms with Gasteiger partial charge in [-0.1, -0.05) is 38.3 Å². The van der Waals surface area contributed by atoms with Crippen LogP contribution in [0.1, 0.15) is 75.8 Å². The summed E-state index contributed by atoms with van der Waals surface area (Å²) in [5.74, 6) is 1.59. The lowest BCUT2D eigenvalue weighted by atomic mass is 9.77. The smallest absolute Gasteiger partial charge is 0.246 e. The number of rotatable bonds is 9. The first-order valence-electron chi connectivity index (χ1n) is 15.2. The monoisotopic (exact) mass is 574 g/mol. The van der Waals surface area contributed by atoms with Crippen molar-refractivity contribution in [1.29, 1.82) is 5.26 Å². The minimum absolute atomic E-state index is 0.0432. The SMILES string of the molecule is CCCN1C(=O)[C@@H](CC2(O)CCCCC2)NC(=O)C12CCN(Cc1ccc(Oc3ccc(C#N)cc3OC)cc1)CC2. The molecule has 224 valence electrons. The Morgan fingerprint density at radius 2 is 1.74 bits per heavy atom. The number of amides is 2. The van der Waals surface area contributed by atoms with Gasteiger partial charge in [0.25, 0.3) is 0 Å². The molecule has 9 heteroatoms. The molecule has 42 heavy (non-hydrogen) atoms. The van der Waals surface area contributed by atoms with Crippen molar-refractivity contribution in [2.75, 3.05) is 26.7 Å². The van der Waals surface area contributed by atoms with Gasteiger partial charge in [-0.25, -0.2) is 0 Å². The lowest BCUT2D eigenvalue weighted by molar-refractivity contribution is -0.163. The van der Waals surface area contributed by atoms with E-state index in [1.807, 2.05) is 36.1 Å². The van der Waals surface area contributed by atoms with Crippen molar-refractivity contribution in [3.63, 3.8) is 0 Å². The Labute approximate surface area is 248 Å². The van der Waals surface area contributed by atoms with Gasteiger partial charge in [0.15, 0.2) is 11.5 Å². The van der Waals surface area contributed by atoms with E-state index in [1.54, 1.807) is 25.3 Å². The highest BCUT2D eigenvalue weighted by Gasteiger charge is 2.54. The van der Waals surface area contributed by atoms with Crippen molar-refractivity contribution in [3.05, 3.63) is 53.6 Å². The molecule has 2 saturated heterocycles. The van der Waals surface area contributed by atoms with Crippen molar-refractivity contribution in [2.45, 2.75) is 88.4 Å². The molecular weight excluding hydrogens is 532 g/mol. The van der Waals surface area contributed by atoms with Gasteiger partial charge >= 0.3 is 0 Å². The molecule has 0 bridgehead atoms. The van der Waals surface area contributed by atoms with Gasteiger partial charge < -0.3 is 24.8 Å². The Kier molecular flexibility index (Phi) is 9.05. The van der Waals surface area contributed by atoms with Crippen LogP contribution in [0.4, 0.5) is 0 Å². The van der Waals surface area contributed by atoms with Crippen LogP contribution in [0.25, 0.3) is 0 Å². The number of nitrogens with one attached hydrogen (secondary N) is 1. The van der Waals surface area contributed by atoms with Gasteiger partial charge in [0.1, 0.15) is 17.3 Å². The maximum atomic E-state index is 13.7. The number of methoxy groups -OCH3 is 1. The van der Waals surface area contributed by atoms with Crippen molar-refractivity contribution in [1.82, 2.24) is 15.1 Å². The second kappa shape index (κ2) is 12.7. The molecule has 1 saturated carbocycles. The van der Waals surface area contributed by atoms with Crippen LogP contribution in [0.15, 0.2) is 42.5 Å². The Hall–Kier alpha value is -3.61. The fourth-order valence-electron chi connectivity index (χ4n) is 6.80. The summed E-state index contributed by atoms with van der Waals surface area (Å²) in [6.45, 7) is 4.73. The van der Waals surface area contributed by atoms with E-state index in [2.05, 4.69) is 16.3 Å². The Morgan fingerprint density at radius 1 is 1.02 bits per heavy atom. The molecule has 5 rings (SSSR count). The molecule has 0 aromatic heterocycles. The summed E-state index contributed by atoms with van der Waals surface area (Å²) in [4.78, 5) is 31.5. The molecule has 2 amide bonds. The van der Waals surface area contributed by atoms with E-state index in [1.165, 1.54) is 0 Å². The number of nitrogens with zero attached hydrogens (tertiary/aromatic N) is 3. The molecule has 0 radical (unpaired) electrons. The van der Waals surface area contributed by atoms with E-state index in [9.17, 15) is 14.7 Å². The lowest BCUT2D eigenvalue weighted by Gasteiger charge is -2.52. The van der Waals surface area contributed by atoms with E-state index >= 15 is 0 Å². The Morgan fingerprint density at radius 3 is 2.38 bits per heavy atom. The normalized spacial score (nSPS) is 22.0. The maximum absolute atomic E-state index is 13.7. The van der Waals surface area contributed by atoms with Crippen LogP contribution in [-0.4, -0.2) is 70.6 Å². The Bertz CT molecular complexity index is 1310. The molecular formula is C33H42N4O5. The summed E-state index contributed by atoms with van der Waals surface area (Å²) in [6, 6.07) is 14.4. The number of likely N-dealkylation sites (tertiary alicyclic amines) is 1. The number of hydrogen-bond acceptors (Lipinski definition) is 7. The predicted molar refractivity (Wildman–Crippen MR) is 158 cm³/mol. The zero-order valence-corrected chi connectivity index (χ0v) is 24.7. The highest BCUT2D eigenvalue weighted by atomic mass is 16.5. The summed E-state index contributed by atoms with van der Waals surface area (Å²) >= 11 is 0. The third-order valence-electron chi connectivity index (χ3n) is 9.16. The lowest BCUT2D eigenvalue weighted by Crippen LogP contribution is -2.73. The van der Waals surface area contributed by atoms with Crippen LogP contribution in [-0.2, 0) is 16.1 Å². The number of carbonyl (C=O) groups excluding carboxylic acids is 2. The fourth-order valence-corrected chi connectivity index (χ4v) is 6.80. The third kappa shape index (κ3) is 6.25. The largest absolute Gasteiger partial charge is 0.493 e. The zero-order valence-electron chi connectivity index (χ0n) is 24.7. The van der Waals surface area contributed by atoms with Gasteiger partial charge in [-0.2, -0.15) is 5.26 Å². The molecule has 0 unspecified atom stereocenters. The average molecular weight is 575 g/mol. The standard InChI is InChI=1S/C33H42N4O5/c1-3-17-37-30(38)27(21-32(40)13-5-4-6-14-32)35-31(39)33(37)15-18-36(19-16-33)23-24-7-10-26(11-8-24)42-28-12-9-25(22-34)20-29(28)41-2/h7-12,20,27,40H,3-6,13-19,21,23H2,1-2H3,(H,35,39)/t27-/m1/s1. The number of carbonyl (C=O) groups is 2. The Balaban J connectivity index is 1.20.